The highest BCUT2D eigenvalue weighted by molar-refractivity contribution is 6.30. The number of pyridine rings is 1. The van der Waals surface area contributed by atoms with Crippen LogP contribution in [0.3, 0.4) is 0 Å². The normalized spacial score (nSPS) is 10.1. The molecule has 6 nitrogen and oxygen atoms in total. The Balaban J connectivity index is 2.37. The van der Waals surface area contributed by atoms with Gasteiger partial charge in [-0.1, -0.05) is 17.7 Å². The molecule has 0 amide bonds. The lowest BCUT2D eigenvalue weighted by Gasteiger charge is -2.05. The van der Waals surface area contributed by atoms with Crippen molar-refractivity contribution in [3.8, 4) is 11.6 Å². The predicted molar refractivity (Wildman–Crippen MR) is 66.8 cm³/mol. The van der Waals surface area contributed by atoms with Crippen LogP contribution in [0.4, 0.5) is 11.4 Å². The van der Waals surface area contributed by atoms with Crippen molar-refractivity contribution in [1.82, 2.24) is 4.98 Å². The van der Waals surface area contributed by atoms with Crippen LogP contribution in [-0.2, 0) is 0 Å². The van der Waals surface area contributed by atoms with Crippen LogP contribution in [0.5, 0.6) is 11.6 Å². The van der Waals surface area contributed by atoms with Crippen LogP contribution in [-0.4, -0.2) is 9.91 Å². The van der Waals surface area contributed by atoms with Crippen LogP contribution < -0.4 is 10.5 Å². The summed E-state index contributed by atoms with van der Waals surface area (Å²) in [6, 6.07) is 7.69. The third-order valence-electron chi connectivity index (χ3n) is 2.07. The van der Waals surface area contributed by atoms with Crippen molar-refractivity contribution in [1.29, 1.82) is 0 Å². The second-order valence-corrected chi connectivity index (χ2v) is 3.85. The zero-order valence-electron chi connectivity index (χ0n) is 9.04. The third-order valence-corrected chi connectivity index (χ3v) is 2.27. The lowest BCUT2D eigenvalue weighted by atomic mass is 10.3. The molecule has 0 fully saturated rings. The van der Waals surface area contributed by atoms with E-state index >= 15 is 0 Å². The Hall–Kier alpha value is -2.34. The number of benzene rings is 1. The van der Waals surface area contributed by atoms with Gasteiger partial charge in [0, 0.05) is 17.8 Å². The van der Waals surface area contributed by atoms with Crippen molar-refractivity contribution in [3.05, 3.63) is 51.7 Å². The first-order valence-electron chi connectivity index (χ1n) is 4.89. The molecule has 92 valence electrons. The van der Waals surface area contributed by atoms with Gasteiger partial charge in [-0.2, -0.15) is 0 Å². The number of hydrogen-bond donors (Lipinski definition) is 1. The number of aromatic nitrogens is 1. The second-order valence-electron chi connectivity index (χ2n) is 3.41. The van der Waals surface area contributed by atoms with Crippen molar-refractivity contribution >= 4 is 23.0 Å². The van der Waals surface area contributed by atoms with E-state index in [1.807, 2.05) is 0 Å². The SMILES string of the molecule is Nc1cccc(Oc2ncc(Cl)cc2[N+](=O)[O-])c1. The zero-order valence-corrected chi connectivity index (χ0v) is 9.79. The van der Waals surface area contributed by atoms with E-state index in [1.54, 1.807) is 24.3 Å². The van der Waals surface area contributed by atoms with Crippen molar-refractivity contribution in [3.63, 3.8) is 0 Å². The Morgan fingerprint density at radius 3 is 2.83 bits per heavy atom. The highest BCUT2D eigenvalue weighted by Gasteiger charge is 2.18. The molecule has 2 rings (SSSR count). The molecular weight excluding hydrogens is 258 g/mol. The molecule has 1 aromatic heterocycles. The van der Waals surface area contributed by atoms with Gasteiger partial charge in [-0.05, 0) is 12.1 Å². The number of nitro groups is 1. The zero-order chi connectivity index (χ0) is 13.1. The summed E-state index contributed by atoms with van der Waals surface area (Å²) < 4.78 is 5.32. The molecule has 2 N–H and O–H groups in total. The number of anilines is 1. The summed E-state index contributed by atoms with van der Waals surface area (Å²) in [4.78, 5) is 14.0. The number of nitrogens with two attached hydrogens (primary N) is 1. The summed E-state index contributed by atoms with van der Waals surface area (Å²) in [7, 11) is 0. The van der Waals surface area contributed by atoms with Crippen molar-refractivity contribution in [2.24, 2.45) is 0 Å². The molecular formula is C11H8ClN3O3. The molecule has 0 radical (unpaired) electrons. The molecule has 0 aliphatic heterocycles. The monoisotopic (exact) mass is 265 g/mol. The fraction of sp³-hybridized carbons (Fsp3) is 0. The molecule has 0 aliphatic carbocycles. The molecule has 0 bridgehead atoms. The van der Waals surface area contributed by atoms with Crippen molar-refractivity contribution in [2.75, 3.05) is 5.73 Å². The van der Waals surface area contributed by atoms with Crippen LogP contribution in [0.1, 0.15) is 0 Å². The van der Waals surface area contributed by atoms with Crippen molar-refractivity contribution in [2.45, 2.75) is 0 Å². The first-order valence-corrected chi connectivity index (χ1v) is 5.27. The maximum atomic E-state index is 10.8. The van der Waals surface area contributed by atoms with Gasteiger partial charge >= 0.3 is 5.69 Å². The fourth-order valence-corrected chi connectivity index (χ4v) is 1.47. The maximum absolute atomic E-state index is 10.8. The molecule has 7 heteroatoms. The fourth-order valence-electron chi connectivity index (χ4n) is 1.32. The van der Waals surface area contributed by atoms with Gasteiger partial charge in [0.15, 0.2) is 0 Å². The van der Waals surface area contributed by atoms with Gasteiger partial charge in [-0.15, -0.1) is 0 Å². The van der Waals surface area contributed by atoms with E-state index in [1.165, 1.54) is 12.3 Å². The number of nitrogens with zero attached hydrogens (tertiary/aromatic N) is 2. The average Bonchev–Trinajstić information content (AvgIpc) is 2.31. The Labute approximate surface area is 107 Å². The minimum absolute atomic E-state index is 0.130. The lowest BCUT2D eigenvalue weighted by Crippen LogP contribution is -1.96. The highest BCUT2D eigenvalue weighted by atomic mass is 35.5. The Morgan fingerprint density at radius 2 is 2.17 bits per heavy atom. The molecule has 1 heterocycles. The Bertz CT molecular complexity index is 604. The second kappa shape index (κ2) is 4.89. The Kier molecular flexibility index (Phi) is 3.29. The van der Waals surface area contributed by atoms with E-state index in [-0.39, 0.29) is 16.6 Å². The molecule has 1 aromatic carbocycles. The van der Waals surface area contributed by atoms with Gasteiger partial charge in [-0.3, -0.25) is 10.1 Å². The summed E-state index contributed by atoms with van der Waals surface area (Å²) in [6.45, 7) is 0. The maximum Gasteiger partial charge on any atom is 0.332 e. The van der Waals surface area contributed by atoms with Gasteiger partial charge < -0.3 is 10.5 Å². The van der Waals surface area contributed by atoms with E-state index < -0.39 is 4.92 Å². The number of nitrogen functional groups attached to an aromatic ring is 1. The molecule has 0 spiro atoms. The van der Waals surface area contributed by atoms with Crippen LogP contribution in [0, 0.1) is 10.1 Å². The number of rotatable bonds is 3. The first kappa shape index (κ1) is 12.1. The molecule has 0 aliphatic rings. The van der Waals surface area contributed by atoms with Gasteiger partial charge in [0.1, 0.15) is 5.75 Å². The molecule has 2 aromatic rings. The molecule has 0 atom stereocenters. The summed E-state index contributed by atoms with van der Waals surface area (Å²) in [6.07, 6.45) is 1.27. The van der Waals surface area contributed by atoms with Crippen LogP contribution in [0.15, 0.2) is 36.5 Å². The number of hydrogen-bond acceptors (Lipinski definition) is 5. The molecule has 0 saturated carbocycles. The molecule has 0 unspecified atom stereocenters. The summed E-state index contributed by atoms with van der Waals surface area (Å²) in [5.41, 5.74) is 5.77. The van der Waals surface area contributed by atoms with Gasteiger partial charge in [0.05, 0.1) is 16.1 Å². The van der Waals surface area contributed by atoms with Crippen LogP contribution in [0.2, 0.25) is 5.02 Å². The van der Waals surface area contributed by atoms with E-state index in [2.05, 4.69) is 4.98 Å². The van der Waals surface area contributed by atoms with Crippen LogP contribution in [0.25, 0.3) is 0 Å². The van der Waals surface area contributed by atoms with E-state index in [4.69, 9.17) is 22.1 Å². The number of halogens is 1. The van der Waals surface area contributed by atoms with Gasteiger partial charge in [0.25, 0.3) is 5.88 Å². The van der Waals surface area contributed by atoms with Crippen molar-refractivity contribution < 1.29 is 9.66 Å². The summed E-state index contributed by atoms with van der Waals surface area (Å²) >= 11 is 5.65. The standard InChI is InChI=1S/C11H8ClN3O3/c12-7-4-10(15(16)17)11(14-6-7)18-9-3-1-2-8(13)5-9/h1-6H,13H2. The lowest BCUT2D eigenvalue weighted by molar-refractivity contribution is -0.386. The summed E-state index contributed by atoms with van der Waals surface area (Å²) in [5.74, 6) is 0.239. The predicted octanol–water partition coefficient (Wildman–Crippen LogP) is 3.02. The van der Waals surface area contributed by atoms with Gasteiger partial charge in [-0.25, -0.2) is 4.98 Å². The largest absolute Gasteiger partial charge is 0.434 e. The first-order chi connectivity index (χ1) is 8.56. The van der Waals surface area contributed by atoms with E-state index in [0.29, 0.717) is 11.4 Å². The molecule has 0 saturated heterocycles. The average molecular weight is 266 g/mol. The topological polar surface area (TPSA) is 91.3 Å². The molecule has 18 heavy (non-hydrogen) atoms. The Morgan fingerprint density at radius 1 is 1.39 bits per heavy atom. The quantitative estimate of drug-likeness (QED) is 0.523. The van der Waals surface area contributed by atoms with Crippen LogP contribution >= 0.6 is 11.6 Å². The minimum atomic E-state index is -0.611. The smallest absolute Gasteiger partial charge is 0.332 e. The number of ether oxygens (including phenoxy) is 1. The van der Waals surface area contributed by atoms with E-state index in [9.17, 15) is 10.1 Å². The van der Waals surface area contributed by atoms with E-state index in [0.717, 1.165) is 0 Å². The van der Waals surface area contributed by atoms with Gasteiger partial charge in [0.2, 0.25) is 0 Å². The minimum Gasteiger partial charge on any atom is -0.434 e. The highest BCUT2D eigenvalue weighted by Crippen LogP contribution is 2.31. The third kappa shape index (κ3) is 2.67. The summed E-state index contributed by atoms with van der Waals surface area (Å²) in [5, 5.41) is 11.0.